The number of nitriles is 1. The summed E-state index contributed by atoms with van der Waals surface area (Å²) in [7, 11) is 1.50. The first-order valence-corrected chi connectivity index (χ1v) is 11.3. The number of nitrogens with zero attached hydrogens (tertiary/aromatic N) is 2. The van der Waals surface area contributed by atoms with Crippen molar-refractivity contribution in [2.45, 2.75) is 50.9 Å². The average molecular weight is 444 g/mol. The van der Waals surface area contributed by atoms with E-state index in [0.29, 0.717) is 0 Å². The van der Waals surface area contributed by atoms with Crippen LogP contribution < -0.4 is 16.4 Å². The van der Waals surface area contributed by atoms with Gasteiger partial charge in [0.15, 0.2) is 6.19 Å². The lowest BCUT2D eigenvalue weighted by Crippen LogP contribution is -2.39. The minimum Gasteiger partial charge on any atom is -0.384 e. The van der Waals surface area contributed by atoms with E-state index in [2.05, 4.69) is 96.6 Å². The first-order valence-electron chi connectivity index (χ1n) is 11.3. The zero-order valence-corrected chi connectivity index (χ0v) is 20.0. The maximum absolute atomic E-state index is 7.85. The third-order valence-corrected chi connectivity index (χ3v) is 5.99. The van der Waals surface area contributed by atoms with Crippen LogP contribution in [0, 0.1) is 24.3 Å². The Bertz CT molecular complexity index is 932. The Morgan fingerprint density at radius 2 is 1.70 bits per heavy atom. The predicted molar refractivity (Wildman–Crippen MR) is 140 cm³/mol. The standard InChI is InChI=1S/C23H29N.C3H6N4.C2H2/c1-3-20-12-8-9-15-22(20)19(2)24-18-23(16-10-5-11-17-23)21-13-6-4-7-14-21;1-6-3(5)7-2-4;1-2/h4,6-9,12-15,24H,2-3,5,10-11,16-18H2,1H3;1H3,(H3,5,6,7);1-2H. The van der Waals surface area contributed by atoms with Gasteiger partial charge < -0.3 is 11.1 Å². The van der Waals surface area contributed by atoms with Gasteiger partial charge in [0, 0.05) is 30.3 Å². The van der Waals surface area contributed by atoms with Crippen molar-refractivity contribution >= 4 is 11.7 Å². The summed E-state index contributed by atoms with van der Waals surface area (Å²) in [6.45, 7) is 7.52. The Morgan fingerprint density at radius 3 is 2.24 bits per heavy atom. The topological polar surface area (TPSA) is 86.2 Å². The number of hydrogen-bond donors (Lipinski definition) is 3. The molecule has 5 nitrogen and oxygen atoms in total. The summed E-state index contributed by atoms with van der Waals surface area (Å²) >= 11 is 0. The monoisotopic (exact) mass is 443 g/mol. The van der Waals surface area contributed by atoms with Gasteiger partial charge in [0.2, 0.25) is 5.96 Å². The van der Waals surface area contributed by atoms with E-state index in [1.807, 2.05) is 0 Å². The van der Waals surface area contributed by atoms with Crippen molar-refractivity contribution < 1.29 is 0 Å². The summed E-state index contributed by atoms with van der Waals surface area (Å²) in [6.07, 6.45) is 17.2. The minimum absolute atomic E-state index is 0.141. The summed E-state index contributed by atoms with van der Waals surface area (Å²) in [4.78, 5) is 3.44. The van der Waals surface area contributed by atoms with Crippen molar-refractivity contribution in [1.82, 2.24) is 10.6 Å². The maximum Gasteiger partial charge on any atom is 0.201 e. The highest BCUT2D eigenvalue weighted by atomic mass is 15.1. The molecule has 4 N–H and O–H groups in total. The van der Waals surface area contributed by atoms with E-state index in [4.69, 9.17) is 11.0 Å². The first-order chi connectivity index (χ1) is 16.1. The summed E-state index contributed by atoms with van der Waals surface area (Å²) in [5.74, 6) is 0.141. The highest BCUT2D eigenvalue weighted by Crippen LogP contribution is 2.39. The third kappa shape index (κ3) is 8.39. The molecule has 1 aliphatic carbocycles. The smallest absolute Gasteiger partial charge is 0.201 e. The summed E-state index contributed by atoms with van der Waals surface area (Å²) < 4.78 is 0. The van der Waals surface area contributed by atoms with Crippen LogP contribution in [0.15, 0.2) is 66.2 Å². The molecule has 0 atom stereocenters. The van der Waals surface area contributed by atoms with E-state index in [9.17, 15) is 0 Å². The van der Waals surface area contributed by atoms with Gasteiger partial charge in [-0.3, -0.25) is 10.3 Å². The van der Waals surface area contributed by atoms with E-state index in [0.717, 1.165) is 18.7 Å². The lowest BCUT2D eigenvalue weighted by molar-refractivity contribution is 0.290. The van der Waals surface area contributed by atoms with Crippen LogP contribution in [0.3, 0.4) is 0 Å². The van der Waals surface area contributed by atoms with Crippen LogP contribution in [0.4, 0.5) is 0 Å². The fraction of sp³-hybridized carbons (Fsp3) is 0.357. The summed E-state index contributed by atoms with van der Waals surface area (Å²) in [5, 5.41) is 13.7. The van der Waals surface area contributed by atoms with Crippen LogP contribution in [-0.4, -0.2) is 19.6 Å². The molecular weight excluding hydrogens is 406 g/mol. The largest absolute Gasteiger partial charge is 0.384 e. The number of rotatable bonds is 6. The molecule has 0 spiro atoms. The van der Waals surface area contributed by atoms with Crippen molar-refractivity contribution in [2.24, 2.45) is 10.7 Å². The van der Waals surface area contributed by atoms with E-state index >= 15 is 0 Å². The van der Waals surface area contributed by atoms with Gasteiger partial charge in [-0.15, -0.1) is 12.8 Å². The molecule has 0 saturated heterocycles. The third-order valence-electron chi connectivity index (χ3n) is 5.99. The van der Waals surface area contributed by atoms with Gasteiger partial charge in [-0.25, -0.2) is 0 Å². The van der Waals surface area contributed by atoms with Crippen LogP contribution in [-0.2, 0) is 11.8 Å². The van der Waals surface area contributed by atoms with E-state index in [1.165, 1.54) is 55.8 Å². The van der Waals surface area contributed by atoms with E-state index in [1.54, 1.807) is 6.19 Å². The minimum atomic E-state index is 0.141. The molecule has 174 valence electrons. The van der Waals surface area contributed by atoms with Crippen molar-refractivity contribution in [3.05, 3.63) is 77.9 Å². The Morgan fingerprint density at radius 1 is 1.09 bits per heavy atom. The molecule has 3 rings (SSSR count). The SMILES string of the molecule is C#C.C=C(NCC1(c2ccccc2)CCCCC1)c1ccccc1CC.CN=C(N)NC#N. The van der Waals surface area contributed by atoms with Crippen molar-refractivity contribution in [1.29, 1.82) is 5.26 Å². The Balaban J connectivity index is 0.000000520. The average Bonchev–Trinajstić information content (AvgIpc) is 2.90. The van der Waals surface area contributed by atoms with Crippen LogP contribution in [0.5, 0.6) is 0 Å². The first kappa shape index (κ1) is 27.3. The van der Waals surface area contributed by atoms with Gasteiger partial charge in [0.05, 0.1) is 0 Å². The fourth-order valence-corrected chi connectivity index (χ4v) is 4.20. The molecule has 2 aromatic carbocycles. The number of guanidine groups is 1. The van der Waals surface area contributed by atoms with Gasteiger partial charge >= 0.3 is 0 Å². The molecule has 0 bridgehead atoms. The highest BCUT2D eigenvalue weighted by molar-refractivity contribution is 5.78. The molecule has 33 heavy (non-hydrogen) atoms. The molecule has 2 aromatic rings. The molecule has 0 amide bonds. The maximum atomic E-state index is 7.85. The van der Waals surface area contributed by atoms with Crippen molar-refractivity contribution in [2.75, 3.05) is 13.6 Å². The van der Waals surface area contributed by atoms with Crippen molar-refractivity contribution in [3.63, 3.8) is 0 Å². The van der Waals surface area contributed by atoms with Crippen LogP contribution in [0.1, 0.15) is 55.7 Å². The van der Waals surface area contributed by atoms with Gasteiger partial charge in [0.25, 0.3) is 0 Å². The number of hydrogen-bond acceptors (Lipinski definition) is 3. The highest BCUT2D eigenvalue weighted by Gasteiger charge is 2.33. The van der Waals surface area contributed by atoms with Gasteiger partial charge in [-0.1, -0.05) is 87.4 Å². The molecule has 0 unspecified atom stereocenters. The van der Waals surface area contributed by atoms with E-state index < -0.39 is 0 Å². The number of aliphatic imine (C=N–C) groups is 1. The summed E-state index contributed by atoms with van der Waals surface area (Å²) in [6, 6.07) is 19.7. The second kappa shape index (κ2) is 15.2. The van der Waals surface area contributed by atoms with Gasteiger partial charge in [-0.05, 0) is 30.4 Å². The number of aryl methyl sites for hydroxylation is 1. The molecule has 0 aromatic heterocycles. The molecule has 1 fully saturated rings. The number of benzene rings is 2. The van der Waals surface area contributed by atoms with E-state index in [-0.39, 0.29) is 11.4 Å². The van der Waals surface area contributed by atoms with Crippen LogP contribution in [0.2, 0.25) is 0 Å². The number of nitrogens with one attached hydrogen (secondary N) is 2. The van der Waals surface area contributed by atoms with Crippen molar-refractivity contribution in [3.8, 4) is 19.0 Å². The van der Waals surface area contributed by atoms with Crippen LogP contribution >= 0.6 is 0 Å². The predicted octanol–water partition coefficient (Wildman–Crippen LogP) is 4.96. The zero-order chi connectivity index (χ0) is 24.5. The van der Waals surface area contributed by atoms with Gasteiger partial charge in [-0.2, -0.15) is 5.26 Å². The molecule has 0 radical (unpaired) electrons. The zero-order valence-electron chi connectivity index (χ0n) is 20.0. The molecular formula is C28H37N5. The molecule has 5 heteroatoms. The summed E-state index contributed by atoms with van der Waals surface area (Å²) in [5.41, 5.74) is 10.4. The second-order valence-electron chi connectivity index (χ2n) is 7.90. The lowest BCUT2D eigenvalue weighted by Gasteiger charge is -2.38. The molecule has 1 saturated carbocycles. The number of terminal acetylenes is 1. The molecule has 1 aliphatic rings. The fourth-order valence-electron chi connectivity index (χ4n) is 4.20. The molecule has 0 aliphatic heterocycles. The van der Waals surface area contributed by atoms with Crippen LogP contribution in [0.25, 0.3) is 5.70 Å². The Kier molecular flexibility index (Phi) is 12.6. The van der Waals surface area contributed by atoms with Gasteiger partial charge in [0.1, 0.15) is 0 Å². The molecule has 0 heterocycles. The quantitative estimate of drug-likeness (QED) is 0.194. The number of nitrogens with two attached hydrogens (primary N) is 1. The normalized spacial score (nSPS) is 14.2. The lowest BCUT2D eigenvalue weighted by atomic mass is 9.69. The second-order valence-corrected chi connectivity index (χ2v) is 7.90. The Labute approximate surface area is 199 Å². The Hall–Kier alpha value is -3.70.